The molecule has 1 heterocycles. The van der Waals surface area contributed by atoms with E-state index in [1.54, 1.807) is 0 Å². The Balaban J connectivity index is 1.73. The van der Waals surface area contributed by atoms with Gasteiger partial charge in [-0.25, -0.2) is 0 Å². The highest BCUT2D eigenvalue weighted by molar-refractivity contribution is 7.99. The van der Waals surface area contributed by atoms with Crippen molar-refractivity contribution < 1.29 is 0 Å². The summed E-state index contributed by atoms with van der Waals surface area (Å²) in [6.07, 6.45) is 0.986. The number of rotatable bonds is 2. The molecule has 1 nitrogen and oxygen atoms in total. The summed E-state index contributed by atoms with van der Waals surface area (Å²) in [4.78, 5) is 2.48. The van der Waals surface area contributed by atoms with Crippen LogP contribution in [0, 0.1) is 5.92 Å². The smallest absolute Gasteiger partial charge is 0.122 e. The van der Waals surface area contributed by atoms with Gasteiger partial charge in [0.05, 0.1) is 0 Å². The van der Waals surface area contributed by atoms with Crippen LogP contribution in [-0.2, 0) is 0 Å². The van der Waals surface area contributed by atoms with Crippen LogP contribution >= 0.6 is 35.0 Å². The third-order valence-corrected chi connectivity index (χ3v) is 4.41. The summed E-state index contributed by atoms with van der Waals surface area (Å²) in [5.74, 6) is 3.07. The minimum atomic E-state index is -0.384. The number of hydrogen-bond donors (Lipinski definition) is 0. The summed E-state index contributed by atoms with van der Waals surface area (Å²) in [6.45, 7) is 3.53. The molecule has 12 heavy (non-hydrogen) atoms. The van der Waals surface area contributed by atoms with E-state index in [0.717, 1.165) is 13.0 Å². The van der Waals surface area contributed by atoms with Gasteiger partial charge >= 0.3 is 0 Å². The van der Waals surface area contributed by atoms with Crippen molar-refractivity contribution in [3.63, 3.8) is 0 Å². The van der Waals surface area contributed by atoms with E-state index in [1.165, 1.54) is 24.6 Å². The van der Waals surface area contributed by atoms with E-state index < -0.39 is 0 Å². The molecule has 4 heteroatoms. The first-order valence-corrected chi connectivity index (χ1v) is 6.27. The fraction of sp³-hybridized carbons (Fsp3) is 1.00. The van der Waals surface area contributed by atoms with Crippen molar-refractivity contribution in [2.75, 3.05) is 31.1 Å². The number of halogens is 2. The van der Waals surface area contributed by atoms with E-state index >= 15 is 0 Å². The molecule has 0 radical (unpaired) electrons. The Morgan fingerprint density at radius 3 is 2.42 bits per heavy atom. The molecule has 0 aromatic rings. The molecule has 1 atom stereocenters. The third kappa shape index (κ3) is 2.22. The van der Waals surface area contributed by atoms with Crippen molar-refractivity contribution >= 4 is 35.0 Å². The predicted molar refractivity (Wildman–Crippen MR) is 56.3 cm³/mol. The zero-order valence-corrected chi connectivity index (χ0v) is 9.26. The molecule has 0 aromatic carbocycles. The fourth-order valence-electron chi connectivity index (χ4n) is 1.56. The molecule has 0 N–H and O–H groups in total. The molecule has 2 rings (SSSR count). The molecule has 1 aliphatic heterocycles. The average molecular weight is 226 g/mol. The zero-order chi connectivity index (χ0) is 8.60. The first-order chi connectivity index (χ1) is 5.68. The molecule has 2 aliphatic rings. The van der Waals surface area contributed by atoms with E-state index in [4.69, 9.17) is 23.2 Å². The summed E-state index contributed by atoms with van der Waals surface area (Å²) >= 11 is 14.0. The number of thioether (sulfide) groups is 1. The fourth-order valence-corrected chi connectivity index (χ4v) is 3.05. The minimum Gasteiger partial charge on any atom is -0.301 e. The molecule has 1 saturated heterocycles. The maximum atomic E-state index is 5.96. The first-order valence-electron chi connectivity index (χ1n) is 4.36. The van der Waals surface area contributed by atoms with Crippen LogP contribution in [0.2, 0.25) is 0 Å². The van der Waals surface area contributed by atoms with Crippen LogP contribution in [0.1, 0.15) is 6.42 Å². The SMILES string of the molecule is ClC1(Cl)CC1CN1CCSCC1. The topological polar surface area (TPSA) is 3.24 Å². The highest BCUT2D eigenvalue weighted by Crippen LogP contribution is 2.53. The molecule has 0 bridgehead atoms. The van der Waals surface area contributed by atoms with E-state index in [0.29, 0.717) is 5.92 Å². The second kappa shape index (κ2) is 3.56. The van der Waals surface area contributed by atoms with Crippen LogP contribution in [-0.4, -0.2) is 40.4 Å². The monoisotopic (exact) mass is 225 g/mol. The van der Waals surface area contributed by atoms with E-state index in [-0.39, 0.29) is 4.33 Å². The zero-order valence-electron chi connectivity index (χ0n) is 6.93. The van der Waals surface area contributed by atoms with Gasteiger partial charge in [-0.3, -0.25) is 0 Å². The van der Waals surface area contributed by atoms with Crippen molar-refractivity contribution in [3.05, 3.63) is 0 Å². The van der Waals surface area contributed by atoms with Crippen LogP contribution in [0.4, 0.5) is 0 Å². The maximum absolute atomic E-state index is 5.96. The molecule has 2 fully saturated rings. The summed E-state index contributed by atoms with van der Waals surface area (Å²) in [7, 11) is 0. The van der Waals surface area contributed by atoms with Crippen molar-refractivity contribution in [1.82, 2.24) is 4.90 Å². The molecule has 0 aromatic heterocycles. The van der Waals surface area contributed by atoms with Gasteiger partial charge in [-0.2, -0.15) is 11.8 Å². The molecular weight excluding hydrogens is 213 g/mol. The number of hydrogen-bond acceptors (Lipinski definition) is 2. The van der Waals surface area contributed by atoms with Crippen LogP contribution in [0.5, 0.6) is 0 Å². The lowest BCUT2D eigenvalue weighted by atomic mass is 10.3. The molecular formula is C8H13Cl2NS. The second-order valence-corrected chi connectivity index (χ2v) is 6.34. The van der Waals surface area contributed by atoms with E-state index in [2.05, 4.69) is 4.90 Å². The summed E-state index contributed by atoms with van der Waals surface area (Å²) in [5, 5.41) is 0. The van der Waals surface area contributed by atoms with Crippen molar-refractivity contribution in [2.45, 2.75) is 10.8 Å². The largest absolute Gasteiger partial charge is 0.301 e. The van der Waals surface area contributed by atoms with Gasteiger partial charge in [0.15, 0.2) is 0 Å². The van der Waals surface area contributed by atoms with Gasteiger partial charge < -0.3 is 4.90 Å². The Bertz CT molecular complexity index is 168. The molecule has 1 unspecified atom stereocenters. The summed E-state index contributed by atoms with van der Waals surface area (Å²) in [5.41, 5.74) is 0. The van der Waals surface area contributed by atoms with Gasteiger partial charge in [-0.05, 0) is 6.42 Å². The van der Waals surface area contributed by atoms with E-state index in [9.17, 15) is 0 Å². The van der Waals surface area contributed by atoms with Crippen LogP contribution in [0.25, 0.3) is 0 Å². The van der Waals surface area contributed by atoms with Crippen molar-refractivity contribution in [3.8, 4) is 0 Å². The molecule has 70 valence electrons. The minimum absolute atomic E-state index is 0.384. The average Bonchev–Trinajstić information content (AvgIpc) is 2.61. The quantitative estimate of drug-likeness (QED) is 0.664. The normalized spacial score (nSPS) is 35.0. The Morgan fingerprint density at radius 1 is 1.33 bits per heavy atom. The van der Waals surface area contributed by atoms with Gasteiger partial charge in [0.25, 0.3) is 0 Å². The van der Waals surface area contributed by atoms with Gasteiger partial charge in [0.1, 0.15) is 4.33 Å². The highest BCUT2D eigenvalue weighted by Gasteiger charge is 2.51. The first kappa shape index (κ1) is 9.45. The lowest BCUT2D eigenvalue weighted by Gasteiger charge is -2.26. The number of alkyl halides is 2. The van der Waals surface area contributed by atoms with Crippen molar-refractivity contribution in [2.24, 2.45) is 5.92 Å². The van der Waals surface area contributed by atoms with E-state index in [1.807, 2.05) is 11.8 Å². The van der Waals surface area contributed by atoms with Gasteiger partial charge in [0.2, 0.25) is 0 Å². The molecule has 1 aliphatic carbocycles. The Morgan fingerprint density at radius 2 is 1.92 bits per heavy atom. The van der Waals surface area contributed by atoms with Gasteiger partial charge in [-0.15, -0.1) is 23.2 Å². The van der Waals surface area contributed by atoms with Crippen LogP contribution in [0.15, 0.2) is 0 Å². The third-order valence-electron chi connectivity index (χ3n) is 2.54. The molecule has 1 saturated carbocycles. The lowest BCUT2D eigenvalue weighted by Crippen LogP contribution is -2.34. The lowest BCUT2D eigenvalue weighted by molar-refractivity contribution is 0.289. The van der Waals surface area contributed by atoms with Gasteiger partial charge in [-0.1, -0.05) is 0 Å². The predicted octanol–water partition coefficient (Wildman–Crippen LogP) is 2.23. The molecule has 0 spiro atoms. The summed E-state index contributed by atoms with van der Waals surface area (Å²) < 4.78 is -0.384. The van der Waals surface area contributed by atoms with Crippen molar-refractivity contribution in [1.29, 1.82) is 0 Å². The Hall–Kier alpha value is 0.890. The standard InChI is InChI=1S/C8H13Cl2NS/c9-8(10)5-7(8)6-11-1-3-12-4-2-11/h7H,1-6H2. The van der Waals surface area contributed by atoms with Crippen LogP contribution < -0.4 is 0 Å². The number of nitrogens with zero attached hydrogens (tertiary/aromatic N) is 1. The van der Waals surface area contributed by atoms with Gasteiger partial charge in [0, 0.05) is 37.1 Å². The highest BCUT2D eigenvalue weighted by atomic mass is 35.5. The Kier molecular flexibility index (Phi) is 2.81. The second-order valence-electron chi connectivity index (χ2n) is 3.58. The van der Waals surface area contributed by atoms with Crippen LogP contribution in [0.3, 0.4) is 0 Å². The molecule has 0 amide bonds. The maximum Gasteiger partial charge on any atom is 0.122 e. The summed E-state index contributed by atoms with van der Waals surface area (Å²) in [6, 6.07) is 0. The Labute approximate surface area is 87.8 Å².